The summed E-state index contributed by atoms with van der Waals surface area (Å²) in [4.78, 5) is 41.2. The highest BCUT2D eigenvalue weighted by Gasteiger charge is 2.36. The number of carbonyl (C=O) groups excluding carboxylic acids is 3. The average molecular weight is 534 g/mol. The molecule has 0 aliphatic heterocycles. The lowest BCUT2D eigenvalue weighted by Gasteiger charge is -2.32. The lowest BCUT2D eigenvalue weighted by molar-refractivity contribution is -0.122. The maximum Gasteiger partial charge on any atom is 0.273 e. The minimum Gasteiger partial charge on any atom is -0.497 e. The SMILES string of the molecule is COCCNC(=O)[C@@H](c1ccc(OC)cc1)N(C(=O)c1snc(C(N)=O)c1N)c1cccc2ccccc12. The number of nitrogens with two attached hydrogens (primary N) is 2. The zero-order valence-electron chi connectivity index (χ0n) is 20.8. The first kappa shape index (κ1) is 26.6. The molecule has 0 aliphatic rings. The number of aromatic nitrogens is 1. The molecule has 0 saturated heterocycles. The minimum absolute atomic E-state index is 0.00469. The van der Waals surface area contributed by atoms with Gasteiger partial charge in [0.15, 0.2) is 5.69 Å². The number of benzene rings is 3. The van der Waals surface area contributed by atoms with Crippen LogP contribution in [-0.2, 0) is 9.53 Å². The van der Waals surface area contributed by atoms with E-state index in [1.165, 1.54) is 12.0 Å². The second-order valence-corrected chi connectivity index (χ2v) is 9.04. The molecule has 3 amide bonds. The number of ether oxygens (including phenoxy) is 2. The van der Waals surface area contributed by atoms with Gasteiger partial charge in [-0.15, -0.1) is 0 Å². The van der Waals surface area contributed by atoms with Crippen molar-refractivity contribution in [3.05, 3.63) is 82.9 Å². The van der Waals surface area contributed by atoms with Crippen LogP contribution in [0, 0.1) is 0 Å². The van der Waals surface area contributed by atoms with Crippen molar-refractivity contribution in [3.63, 3.8) is 0 Å². The van der Waals surface area contributed by atoms with Crippen molar-refractivity contribution >= 4 is 51.4 Å². The second kappa shape index (κ2) is 11.7. The zero-order valence-corrected chi connectivity index (χ0v) is 21.7. The molecule has 196 valence electrons. The number of nitrogen functional groups attached to an aromatic ring is 1. The van der Waals surface area contributed by atoms with E-state index >= 15 is 0 Å². The predicted molar refractivity (Wildman–Crippen MR) is 146 cm³/mol. The van der Waals surface area contributed by atoms with Crippen molar-refractivity contribution in [2.75, 3.05) is 38.0 Å². The summed E-state index contributed by atoms with van der Waals surface area (Å²) in [5.41, 5.74) is 12.2. The van der Waals surface area contributed by atoms with E-state index in [1.807, 2.05) is 30.3 Å². The van der Waals surface area contributed by atoms with E-state index in [-0.39, 0.29) is 29.4 Å². The highest BCUT2D eigenvalue weighted by molar-refractivity contribution is 7.09. The molecular formula is C27H27N5O5S. The minimum atomic E-state index is -1.12. The third-order valence-corrected chi connectivity index (χ3v) is 6.80. The van der Waals surface area contributed by atoms with Crippen LogP contribution < -0.4 is 26.4 Å². The summed E-state index contributed by atoms with van der Waals surface area (Å²) in [6.07, 6.45) is 0. The molecule has 0 unspecified atom stereocenters. The first-order valence-corrected chi connectivity index (χ1v) is 12.4. The van der Waals surface area contributed by atoms with Gasteiger partial charge < -0.3 is 26.3 Å². The lowest BCUT2D eigenvalue weighted by atomic mass is 10.00. The summed E-state index contributed by atoms with van der Waals surface area (Å²) < 4.78 is 14.4. The topological polar surface area (TPSA) is 150 Å². The third-order valence-electron chi connectivity index (χ3n) is 5.94. The van der Waals surface area contributed by atoms with Crippen molar-refractivity contribution < 1.29 is 23.9 Å². The number of fused-ring (bicyclic) bond motifs is 1. The number of amides is 3. The normalized spacial score (nSPS) is 11.6. The van der Waals surface area contributed by atoms with Crippen molar-refractivity contribution in [2.24, 2.45) is 5.73 Å². The highest BCUT2D eigenvalue weighted by Crippen LogP contribution is 2.37. The number of methoxy groups -OCH3 is 2. The molecule has 1 atom stereocenters. The van der Waals surface area contributed by atoms with Crippen LogP contribution in [0.25, 0.3) is 10.8 Å². The van der Waals surface area contributed by atoms with Crippen LogP contribution >= 0.6 is 11.5 Å². The summed E-state index contributed by atoms with van der Waals surface area (Å²) in [7, 11) is 3.07. The largest absolute Gasteiger partial charge is 0.497 e. The van der Waals surface area contributed by atoms with E-state index in [2.05, 4.69) is 9.69 Å². The summed E-state index contributed by atoms with van der Waals surface area (Å²) in [6.45, 7) is 0.515. The summed E-state index contributed by atoms with van der Waals surface area (Å²) in [6, 6.07) is 18.7. The van der Waals surface area contributed by atoms with Crippen molar-refractivity contribution in [1.82, 2.24) is 9.69 Å². The van der Waals surface area contributed by atoms with Gasteiger partial charge >= 0.3 is 0 Å². The number of nitrogens with zero attached hydrogens (tertiary/aromatic N) is 2. The Bertz CT molecular complexity index is 1470. The number of primary amides is 1. The van der Waals surface area contributed by atoms with Gasteiger partial charge in [0.25, 0.3) is 11.8 Å². The molecule has 0 saturated carbocycles. The molecule has 1 heterocycles. The van der Waals surface area contributed by atoms with Crippen LogP contribution in [0.4, 0.5) is 11.4 Å². The fraction of sp³-hybridized carbons (Fsp3) is 0.185. The number of carbonyl (C=O) groups is 3. The molecule has 4 rings (SSSR count). The Labute approximate surface area is 223 Å². The van der Waals surface area contributed by atoms with E-state index in [9.17, 15) is 14.4 Å². The summed E-state index contributed by atoms with van der Waals surface area (Å²) >= 11 is 0.754. The van der Waals surface area contributed by atoms with E-state index in [4.69, 9.17) is 20.9 Å². The van der Waals surface area contributed by atoms with Crippen LogP contribution in [0.3, 0.4) is 0 Å². The zero-order chi connectivity index (χ0) is 27.2. The van der Waals surface area contributed by atoms with Gasteiger partial charge in [-0.2, -0.15) is 4.37 Å². The quantitative estimate of drug-likeness (QED) is 0.265. The fourth-order valence-electron chi connectivity index (χ4n) is 4.10. The first-order chi connectivity index (χ1) is 18.4. The fourth-order valence-corrected chi connectivity index (χ4v) is 4.84. The number of rotatable bonds is 10. The van der Waals surface area contributed by atoms with Gasteiger partial charge in [-0.1, -0.05) is 48.5 Å². The van der Waals surface area contributed by atoms with Gasteiger partial charge in [-0.25, -0.2) is 0 Å². The Hall–Kier alpha value is -4.48. The van der Waals surface area contributed by atoms with Gasteiger partial charge in [0.2, 0.25) is 5.91 Å². The Kier molecular flexibility index (Phi) is 8.19. The van der Waals surface area contributed by atoms with E-state index in [0.717, 1.165) is 22.3 Å². The maximum absolute atomic E-state index is 14.3. The van der Waals surface area contributed by atoms with Crippen molar-refractivity contribution in [1.29, 1.82) is 0 Å². The smallest absolute Gasteiger partial charge is 0.273 e. The molecular weight excluding hydrogens is 506 g/mol. The predicted octanol–water partition coefficient (Wildman–Crippen LogP) is 3.14. The summed E-state index contributed by atoms with van der Waals surface area (Å²) in [5.74, 6) is -1.30. The van der Waals surface area contributed by atoms with Crippen molar-refractivity contribution in [2.45, 2.75) is 6.04 Å². The Morgan fingerprint density at radius 3 is 2.39 bits per heavy atom. The third kappa shape index (κ3) is 5.29. The molecule has 11 heteroatoms. The van der Waals surface area contributed by atoms with Crippen LogP contribution in [0.5, 0.6) is 5.75 Å². The molecule has 0 aliphatic carbocycles. The molecule has 0 bridgehead atoms. The van der Waals surface area contributed by atoms with E-state index in [0.29, 0.717) is 17.0 Å². The van der Waals surface area contributed by atoms with Crippen LogP contribution in [0.15, 0.2) is 66.7 Å². The van der Waals surface area contributed by atoms with E-state index in [1.54, 1.807) is 43.5 Å². The average Bonchev–Trinajstić information content (AvgIpc) is 3.33. The molecule has 0 fully saturated rings. The number of anilines is 2. The Morgan fingerprint density at radius 1 is 1.03 bits per heavy atom. The van der Waals surface area contributed by atoms with Gasteiger partial charge in [0.05, 0.1) is 25.1 Å². The number of hydrogen-bond donors (Lipinski definition) is 3. The molecule has 3 aromatic carbocycles. The molecule has 0 radical (unpaired) electrons. The second-order valence-electron chi connectivity index (χ2n) is 8.27. The molecule has 1 aromatic heterocycles. The van der Waals surface area contributed by atoms with Gasteiger partial charge in [-0.3, -0.25) is 19.3 Å². The first-order valence-electron chi connectivity index (χ1n) is 11.6. The van der Waals surface area contributed by atoms with Crippen LogP contribution in [0.2, 0.25) is 0 Å². The van der Waals surface area contributed by atoms with Gasteiger partial charge in [-0.05, 0) is 40.7 Å². The number of hydrogen-bond acceptors (Lipinski definition) is 8. The molecule has 4 aromatic rings. The van der Waals surface area contributed by atoms with Gasteiger partial charge in [0.1, 0.15) is 16.7 Å². The van der Waals surface area contributed by atoms with Crippen LogP contribution in [0.1, 0.15) is 31.8 Å². The monoisotopic (exact) mass is 533 g/mol. The van der Waals surface area contributed by atoms with Crippen LogP contribution in [-0.4, -0.2) is 49.5 Å². The maximum atomic E-state index is 14.3. The van der Waals surface area contributed by atoms with Gasteiger partial charge in [0, 0.05) is 19.0 Å². The standard InChI is InChI=1S/C27H27N5O5S/c1-36-15-14-30-26(34)23(17-10-12-18(37-2)13-11-17)32(20-9-5-7-16-6-3-4-8-19(16)20)27(35)24-21(28)22(25(29)33)31-38-24/h3-13,23H,14-15,28H2,1-2H3,(H2,29,33)(H,30,34)/t23-/m1/s1. The Morgan fingerprint density at radius 2 is 1.74 bits per heavy atom. The number of nitrogens with one attached hydrogen (secondary N) is 1. The Balaban J connectivity index is 1.94. The van der Waals surface area contributed by atoms with Crippen molar-refractivity contribution in [3.8, 4) is 5.75 Å². The lowest BCUT2D eigenvalue weighted by Crippen LogP contribution is -2.44. The summed E-state index contributed by atoms with van der Waals surface area (Å²) in [5, 5.41) is 4.45. The molecule has 5 N–H and O–H groups in total. The van der Waals surface area contributed by atoms with E-state index < -0.39 is 23.8 Å². The highest BCUT2D eigenvalue weighted by atomic mass is 32.1. The molecule has 10 nitrogen and oxygen atoms in total. The molecule has 38 heavy (non-hydrogen) atoms. The molecule has 0 spiro atoms.